The Balaban J connectivity index is 1.92. The molecular formula is C22H23F6N3O3. The number of aliphatic carboxylic acids is 1. The smallest absolute Gasteiger partial charge is 0.416 e. The number of nitrogens with two attached hydrogens (primary N) is 1. The number of ether oxygens (including phenoxy) is 1. The van der Waals surface area contributed by atoms with E-state index >= 15 is 0 Å². The van der Waals surface area contributed by atoms with E-state index in [1.54, 1.807) is 35.2 Å². The van der Waals surface area contributed by atoms with Gasteiger partial charge in [-0.1, -0.05) is 30.3 Å². The van der Waals surface area contributed by atoms with Gasteiger partial charge >= 0.3 is 18.3 Å². The van der Waals surface area contributed by atoms with Crippen molar-refractivity contribution in [3.63, 3.8) is 0 Å². The lowest BCUT2D eigenvalue weighted by Crippen LogP contribution is -2.58. The molecule has 2 aromatic carbocycles. The number of rotatable bonds is 7. The summed E-state index contributed by atoms with van der Waals surface area (Å²) in [6, 6.07) is 9.33. The molecule has 0 amide bonds. The van der Waals surface area contributed by atoms with Crippen LogP contribution < -0.4 is 11.3 Å². The van der Waals surface area contributed by atoms with Crippen LogP contribution >= 0.6 is 0 Å². The van der Waals surface area contributed by atoms with Gasteiger partial charge in [0.25, 0.3) is 0 Å². The van der Waals surface area contributed by atoms with Gasteiger partial charge in [-0.3, -0.25) is 10.7 Å². The standard InChI is InChI=1S/C22H23F6N3O3/c23-21(24,25)15-9-13(10-16(11-15)22(26,27)28)12-34-17-7-4-8-31(19(30-29)20(32)33)18(17)14-5-2-1-3-6-14/h1-3,5-6,9-11,17-19,30H,4,7-8,12,29H2,(H,32,33). The van der Waals surface area contributed by atoms with Crippen molar-refractivity contribution in [1.82, 2.24) is 10.3 Å². The molecule has 1 heterocycles. The zero-order valence-corrected chi connectivity index (χ0v) is 17.7. The molecule has 3 rings (SSSR count). The first-order valence-corrected chi connectivity index (χ1v) is 10.3. The Hall–Kier alpha value is -2.67. The molecule has 186 valence electrons. The van der Waals surface area contributed by atoms with Crippen LogP contribution in [-0.2, 0) is 28.5 Å². The van der Waals surface area contributed by atoms with E-state index in [9.17, 15) is 36.2 Å². The topological polar surface area (TPSA) is 87.8 Å². The molecule has 0 aliphatic carbocycles. The third-order valence-electron chi connectivity index (χ3n) is 5.59. The normalized spacial score (nSPS) is 20.8. The van der Waals surface area contributed by atoms with Crippen LogP contribution in [0.4, 0.5) is 26.3 Å². The van der Waals surface area contributed by atoms with Crippen LogP contribution in [0.25, 0.3) is 0 Å². The number of hydrazine groups is 1. The van der Waals surface area contributed by atoms with E-state index in [1.807, 2.05) is 0 Å². The number of nitrogens with zero attached hydrogens (tertiary/aromatic N) is 1. The average molecular weight is 491 g/mol. The molecule has 1 aliphatic heterocycles. The zero-order chi connectivity index (χ0) is 25.1. The molecule has 0 radical (unpaired) electrons. The number of piperidine rings is 1. The molecule has 3 atom stereocenters. The van der Waals surface area contributed by atoms with Crippen molar-refractivity contribution in [2.45, 2.75) is 50.1 Å². The van der Waals surface area contributed by atoms with E-state index in [4.69, 9.17) is 10.6 Å². The summed E-state index contributed by atoms with van der Waals surface area (Å²) in [6.45, 7) is -0.189. The highest BCUT2D eigenvalue weighted by Gasteiger charge is 2.40. The van der Waals surface area contributed by atoms with Gasteiger partial charge in [0.15, 0.2) is 6.17 Å². The van der Waals surface area contributed by atoms with Gasteiger partial charge in [-0.25, -0.2) is 10.2 Å². The Morgan fingerprint density at radius 3 is 2.18 bits per heavy atom. The maximum atomic E-state index is 13.2. The van der Waals surface area contributed by atoms with E-state index in [-0.39, 0.29) is 11.6 Å². The van der Waals surface area contributed by atoms with Crippen LogP contribution in [0.15, 0.2) is 48.5 Å². The molecular weight excluding hydrogens is 468 g/mol. The lowest BCUT2D eigenvalue weighted by atomic mass is 9.91. The second-order valence-electron chi connectivity index (χ2n) is 7.91. The van der Waals surface area contributed by atoms with Crippen molar-refractivity contribution >= 4 is 5.97 Å². The van der Waals surface area contributed by atoms with E-state index in [2.05, 4.69) is 5.43 Å². The highest BCUT2D eigenvalue weighted by molar-refractivity contribution is 5.73. The van der Waals surface area contributed by atoms with Crippen LogP contribution in [-0.4, -0.2) is 34.8 Å². The Morgan fingerprint density at radius 1 is 1.09 bits per heavy atom. The molecule has 0 spiro atoms. The summed E-state index contributed by atoms with van der Waals surface area (Å²) >= 11 is 0. The van der Waals surface area contributed by atoms with E-state index < -0.39 is 54.4 Å². The van der Waals surface area contributed by atoms with Crippen LogP contribution in [0, 0.1) is 0 Å². The third kappa shape index (κ3) is 6.06. The molecule has 1 saturated heterocycles. The van der Waals surface area contributed by atoms with Crippen molar-refractivity contribution < 1.29 is 41.0 Å². The molecule has 0 bridgehead atoms. The van der Waals surface area contributed by atoms with Gasteiger partial charge in [0.2, 0.25) is 0 Å². The molecule has 0 saturated carbocycles. The lowest BCUT2D eigenvalue weighted by Gasteiger charge is -2.43. The van der Waals surface area contributed by atoms with Crippen molar-refractivity contribution in [1.29, 1.82) is 0 Å². The third-order valence-corrected chi connectivity index (χ3v) is 5.59. The van der Waals surface area contributed by atoms with Gasteiger partial charge in [0.05, 0.1) is 29.9 Å². The average Bonchev–Trinajstić information content (AvgIpc) is 2.77. The fraction of sp³-hybridized carbons (Fsp3) is 0.409. The number of likely N-dealkylation sites (tertiary alicyclic amines) is 1. The first-order valence-electron chi connectivity index (χ1n) is 10.3. The maximum absolute atomic E-state index is 13.2. The molecule has 12 heteroatoms. The molecule has 3 unspecified atom stereocenters. The summed E-state index contributed by atoms with van der Waals surface area (Å²) < 4.78 is 84.9. The minimum Gasteiger partial charge on any atom is -0.479 e. The van der Waals surface area contributed by atoms with Gasteiger partial charge in [0.1, 0.15) is 0 Å². The van der Waals surface area contributed by atoms with Gasteiger partial charge in [0, 0.05) is 6.54 Å². The number of hydrogen-bond donors (Lipinski definition) is 3. The van der Waals surface area contributed by atoms with Gasteiger partial charge < -0.3 is 9.84 Å². The van der Waals surface area contributed by atoms with Gasteiger partial charge in [-0.05, 0) is 42.2 Å². The van der Waals surface area contributed by atoms with Crippen molar-refractivity contribution in [3.05, 3.63) is 70.8 Å². The largest absolute Gasteiger partial charge is 0.479 e. The Kier molecular flexibility index (Phi) is 7.86. The molecule has 4 N–H and O–H groups in total. The number of carboxylic acids is 1. The van der Waals surface area contributed by atoms with E-state index in [0.29, 0.717) is 37.1 Å². The first kappa shape index (κ1) is 25.9. The first-order chi connectivity index (χ1) is 15.9. The fourth-order valence-corrected chi connectivity index (χ4v) is 4.12. The lowest BCUT2D eigenvalue weighted by molar-refractivity contribution is -0.150. The quantitative estimate of drug-likeness (QED) is 0.304. The van der Waals surface area contributed by atoms with Crippen LogP contribution in [0.3, 0.4) is 0 Å². The van der Waals surface area contributed by atoms with Gasteiger partial charge in [-0.2, -0.15) is 26.3 Å². The van der Waals surface area contributed by atoms with Crippen molar-refractivity contribution in [3.8, 4) is 0 Å². The number of alkyl halides is 6. The highest BCUT2D eigenvalue weighted by Crippen LogP contribution is 2.38. The monoisotopic (exact) mass is 491 g/mol. The zero-order valence-electron chi connectivity index (χ0n) is 17.7. The van der Waals surface area contributed by atoms with E-state index in [1.165, 1.54) is 0 Å². The minimum atomic E-state index is -4.97. The number of benzene rings is 2. The molecule has 1 aliphatic rings. The summed E-state index contributed by atoms with van der Waals surface area (Å²) in [6.07, 6.45) is -11.0. The number of carboxylic acid groups (broad SMARTS) is 1. The maximum Gasteiger partial charge on any atom is 0.416 e. The molecule has 1 fully saturated rings. The predicted octanol–water partition coefficient (Wildman–Crippen LogP) is 4.32. The minimum absolute atomic E-state index is 0.0585. The molecule has 6 nitrogen and oxygen atoms in total. The summed E-state index contributed by atoms with van der Waals surface area (Å²) in [5, 5.41) is 9.56. The van der Waals surface area contributed by atoms with E-state index in [0.717, 1.165) is 0 Å². The summed E-state index contributed by atoms with van der Waals surface area (Å²) in [5.74, 6) is 4.20. The second-order valence-corrected chi connectivity index (χ2v) is 7.91. The summed E-state index contributed by atoms with van der Waals surface area (Å²) in [4.78, 5) is 13.3. The number of hydrogen-bond acceptors (Lipinski definition) is 5. The van der Waals surface area contributed by atoms with Crippen LogP contribution in [0.5, 0.6) is 0 Å². The van der Waals surface area contributed by atoms with Gasteiger partial charge in [-0.15, -0.1) is 0 Å². The number of carbonyl (C=O) groups is 1. The van der Waals surface area contributed by atoms with Crippen molar-refractivity contribution in [2.24, 2.45) is 5.84 Å². The molecule has 2 aromatic rings. The van der Waals surface area contributed by atoms with Crippen LogP contribution in [0.2, 0.25) is 0 Å². The molecule has 0 aromatic heterocycles. The Morgan fingerprint density at radius 2 is 1.68 bits per heavy atom. The Labute approximate surface area is 191 Å². The number of nitrogens with one attached hydrogen (secondary N) is 1. The highest BCUT2D eigenvalue weighted by atomic mass is 19.4. The molecule has 34 heavy (non-hydrogen) atoms. The predicted molar refractivity (Wildman–Crippen MR) is 109 cm³/mol. The summed E-state index contributed by atoms with van der Waals surface area (Å²) in [7, 11) is 0. The van der Waals surface area contributed by atoms with Crippen LogP contribution in [0.1, 0.15) is 41.1 Å². The summed E-state index contributed by atoms with van der Waals surface area (Å²) in [5.41, 5.74) is -0.238. The number of halogens is 6. The second kappa shape index (κ2) is 10.3. The fourth-order valence-electron chi connectivity index (χ4n) is 4.12. The Bertz CT molecular complexity index is 952. The SMILES string of the molecule is NNC(C(=O)O)N1CCCC(OCc2cc(C(F)(F)F)cc(C(F)(F)F)c2)C1c1ccccc1. The van der Waals surface area contributed by atoms with Crippen molar-refractivity contribution in [2.75, 3.05) is 6.54 Å².